The first kappa shape index (κ1) is 11.4. The van der Waals surface area contributed by atoms with Crippen LogP contribution < -0.4 is 5.32 Å². The van der Waals surface area contributed by atoms with Crippen molar-refractivity contribution in [3.63, 3.8) is 0 Å². The molecule has 3 nitrogen and oxygen atoms in total. The average Bonchev–Trinajstić information content (AvgIpc) is 2.10. The summed E-state index contributed by atoms with van der Waals surface area (Å²) in [4.78, 5) is 0. The van der Waals surface area contributed by atoms with E-state index in [9.17, 15) is 0 Å². The summed E-state index contributed by atoms with van der Waals surface area (Å²) in [6.45, 7) is 6.24. The normalized spacial score (nSPS) is 36.2. The summed E-state index contributed by atoms with van der Waals surface area (Å²) in [7, 11) is 2.05. The molecule has 1 N–H and O–H groups in total. The van der Waals surface area contributed by atoms with Crippen molar-refractivity contribution < 1.29 is 9.47 Å². The summed E-state index contributed by atoms with van der Waals surface area (Å²) in [6.07, 6.45) is 4.47. The minimum Gasteiger partial charge on any atom is -0.376 e. The lowest BCUT2D eigenvalue weighted by Gasteiger charge is -2.45. The van der Waals surface area contributed by atoms with E-state index in [-0.39, 0.29) is 0 Å². The number of hydrogen-bond donors (Lipinski definition) is 1. The molecule has 2 aliphatic rings. The molecule has 1 saturated carbocycles. The first-order valence-electron chi connectivity index (χ1n) is 6.04. The maximum atomic E-state index is 6.08. The van der Waals surface area contributed by atoms with E-state index in [1.165, 1.54) is 19.3 Å². The van der Waals surface area contributed by atoms with Gasteiger partial charge in [-0.05, 0) is 25.3 Å². The Labute approximate surface area is 92.5 Å². The molecule has 3 heteroatoms. The zero-order valence-electron chi connectivity index (χ0n) is 10.1. The molecule has 2 unspecified atom stereocenters. The molecule has 15 heavy (non-hydrogen) atoms. The zero-order valence-corrected chi connectivity index (χ0v) is 10.1. The molecular weight excluding hydrogens is 190 g/mol. The van der Waals surface area contributed by atoms with Crippen LogP contribution in [-0.4, -0.2) is 38.5 Å². The van der Waals surface area contributed by atoms with Crippen molar-refractivity contribution in [2.45, 2.75) is 51.4 Å². The highest BCUT2D eigenvalue weighted by Gasteiger charge is 2.40. The predicted octanol–water partition coefficient (Wildman–Crippen LogP) is 1.57. The lowest BCUT2D eigenvalue weighted by atomic mass is 9.72. The Morgan fingerprint density at radius 2 is 2.07 bits per heavy atom. The fraction of sp³-hybridized carbons (Fsp3) is 1.00. The van der Waals surface area contributed by atoms with Crippen molar-refractivity contribution >= 4 is 0 Å². The Bertz CT molecular complexity index is 214. The summed E-state index contributed by atoms with van der Waals surface area (Å²) in [5.74, 6) is 0. The number of ether oxygens (including phenoxy) is 2. The zero-order chi connectivity index (χ0) is 10.9. The summed E-state index contributed by atoms with van der Waals surface area (Å²) >= 11 is 0. The topological polar surface area (TPSA) is 30.5 Å². The summed E-state index contributed by atoms with van der Waals surface area (Å²) in [6, 6.07) is 0.479. The van der Waals surface area contributed by atoms with Gasteiger partial charge in [0.15, 0.2) is 0 Å². The van der Waals surface area contributed by atoms with E-state index >= 15 is 0 Å². The van der Waals surface area contributed by atoms with Crippen LogP contribution >= 0.6 is 0 Å². The first-order chi connectivity index (χ1) is 7.13. The largest absolute Gasteiger partial charge is 0.376 e. The third-order valence-corrected chi connectivity index (χ3v) is 3.81. The summed E-state index contributed by atoms with van der Waals surface area (Å²) in [5.41, 5.74) is 0.349. The van der Waals surface area contributed by atoms with Crippen molar-refractivity contribution in [3.8, 4) is 0 Å². The van der Waals surface area contributed by atoms with Crippen molar-refractivity contribution in [1.29, 1.82) is 0 Å². The van der Waals surface area contributed by atoms with E-state index in [0.29, 0.717) is 23.7 Å². The Morgan fingerprint density at radius 3 is 2.60 bits per heavy atom. The van der Waals surface area contributed by atoms with Crippen LogP contribution in [0.2, 0.25) is 0 Å². The van der Waals surface area contributed by atoms with Crippen molar-refractivity contribution in [2.24, 2.45) is 5.41 Å². The maximum Gasteiger partial charge on any atom is 0.105 e. The highest BCUT2D eigenvalue weighted by Crippen LogP contribution is 2.37. The highest BCUT2D eigenvalue weighted by atomic mass is 16.6. The molecule has 0 spiro atoms. The van der Waals surface area contributed by atoms with Crippen LogP contribution in [0.1, 0.15) is 33.1 Å². The first-order valence-corrected chi connectivity index (χ1v) is 6.04. The summed E-state index contributed by atoms with van der Waals surface area (Å²) < 4.78 is 11.2. The molecule has 0 radical (unpaired) electrons. The second-order valence-electron chi connectivity index (χ2n) is 5.48. The highest BCUT2D eigenvalue weighted by molar-refractivity contribution is 4.94. The van der Waals surface area contributed by atoms with Gasteiger partial charge in [0.2, 0.25) is 0 Å². The standard InChI is InChI=1S/C12H23NO2/c1-12(2)6-4-5-10(11(12)13-3)15-9-7-14-8-9/h9-11,13H,4-8H2,1-3H3. The third-order valence-electron chi connectivity index (χ3n) is 3.81. The molecule has 0 aromatic heterocycles. The fourth-order valence-electron chi connectivity index (χ4n) is 2.85. The van der Waals surface area contributed by atoms with Gasteiger partial charge >= 0.3 is 0 Å². The van der Waals surface area contributed by atoms with Crippen molar-refractivity contribution in [2.75, 3.05) is 20.3 Å². The van der Waals surface area contributed by atoms with Gasteiger partial charge in [0.1, 0.15) is 6.10 Å². The molecule has 1 aliphatic heterocycles. The van der Waals surface area contributed by atoms with Gasteiger partial charge in [0.05, 0.1) is 19.3 Å². The quantitative estimate of drug-likeness (QED) is 0.772. The predicted molar refractivity (Wildman–Crippen MR) is 60.0 cm³/mol. The Hall–Kier alpha value is -0.120. The number of nitrogens with one attached hydrogen (secondary N) is 1. The number of likely N-dealkylation sites (N-methyl/N-ethyl adjacent to an activating group) is 1. The van der Waals surface area contributed by atoms with Crippen molar-refractivity contribution in [1.82, 2.24) is 5.32 Å². The fourth-order valence-corrected chi connectivity index (χ4v) is 2.85. The minimum absolute atomic E-state index is 0.347. The van der Waals surface area contributed by atoms with Crippen LogP contribution in [0, 0.1) is 5.41 Å². The maximum absolute atomic E-state index is 6.08. The molecule has 1 saturated heterocycles. The molecule has 1 heterocycles. The lowest BCUT2D eigenvalue weighted by Crippen LogP contribution is -2.54. The summed E-state index contributed by atoms with van der Waals surface area (Å²) in [5, 5.41) is 3.43. The van der Waals surface area contributed by atoms with Gasteiger partial charge in [-0.25, -0.2) is 0 Å². The number of hydrogen-bond acceptors (Lipinski definition) is 3. The average molecular weight is 213 g/mol. The third kappa shape index (κ3) is 2.35. The SMILES string of the molecule is CNC1C(OC2COC2)CCCC1(C)C. The van der Waals surface area contributed by atoms with Gasteiger partial charge in [-0.2, -0.15) is 0 Å². The molecule has 2 atom stereocenters. The van der Waals surface area contributed by atoms with E-state index in [2.05, 4.69) is 19.2 Å². The second-order valence-corrected chi connectivity index (χ2v) is 5.48. The van der Waals surface area contributed by atoms with Crippen LogP contribution in [-0.2, 0) is 9.47 Å². The second kappa shape index (κ2) is 4.40. The van der Waals surface area contributed by atoms with Gasteiger partial charge < -0.3 is 14.8 Å². The van der Waals surface area contributed by atoms with Crippen molar-refractivity contribution in [3.05, 3.63) is 0 Å². The molecule has 1 aliphatic carbocycles. The molecule has 0 aromatic rings. The van der Waals surface area contributed by atoms with Crippen LogP contribution in [0.5, 0.6) is 0 Å². The van der Waals surface area contributed by atoms with E-state index in [1.54, 1.807) is 0 Å². The van der Waals surface area contributed by atoms with E-state index in [1.807, 2.05) is 7.05 Å². The van der Waals surface area contributed by atoms with Gasteiger partial charge in [0, 0.05) is 6.04 Å². The number of rotatable bonds is 3. The van der Waals surface area contributed by atoms with E-state index < -0.39 is 0 Å². The lowest BCUT2D eigenvalue weighted by molar-refractivity contribution is -0.174. The van der Waals surface area contributed by atoms with E-state index in [4.69, 9.17) is 9.47 Å². The Balaban J connectivity index is 1.95. The monoisotopic (exact) mass is 213 g/mol. The van der Waals surface area contributed by atoms with Crippen LogP contribution in [0.15, 0.2) is 0 Å². The molecule has 2 rings (SSSR count). The van der Waals surface area contributed by atoms with Gasteiger partial charge in [-0.3, -0.25) is 0 Å². The van der Waals surface area contributed by atoms with Gasteiger partial charge in [-0.1, -0.05) is 20.3 Å². The molecule has 2 fully saturated rings. The molecule has 0 aromatic carbocycles. The van der Waals surface area contributed by atoms with E-state index in [0.717, 1.165) is 13.2 Å². The molecule has 0 amide bonds. The van der Waals surface area contributed by atoms with Crippen LogP contribution in [0.25, 0.3) is 0 Å². The molecule has 0 bridgehead atoms. The smallest absolute Gasteiger partial charge is 0.105 e. The van der Waals surface area contributed by atoms with Gasteiger partial charge in [-0.15, -0.1) is 0 Å². The Kier molecular flexibility index (Phi) is 3.33. The molecular formula is C12H23NO2. The Morgan fingerprint density at radius 1 is 1.33 bits per heavy atom. The van der Waals surface area contributed by atoms with Crippen LogP contribution in [0.3, 0.4) is 0 Å². The van der Waals surface area contributed by atoms with Crippen LogP contribution in [0.4, 0.5) is 0 Å². The van der Waals surface area contributed by atoms with Gasteiger partial charge in [0.25, 0.3) is 0 Å². The molecule has 88 valence electrons. The minimum atomic E-state index is 0.347.